The SMILES string of the molecule is NC(CO)CCCCI. The summed E-state index contributed by atoms with van der Waals surface area (Å²) in [6.45, 7) is 0.126. The van der Waals surface area contributed by atoms with Gasteiger partial charge in [0, 0.05) is 6.04 Å². The molecule has 0 aliphatic heterocycles. The van der Waals surface area contributed by atoms with E-state index in [1.807, 2.05) is 0 Å². The second kappa shape index (κ2) is 6.77. The van der Waals surface area contributed by atoms with Crippen LogP contribution in [0.5, 0.6) is 0 Å². The molecule has 0 fully saturated rings. The largest absolute Gasteiger partial charge is 0.395 e. The molecule has 56 valence electrons. The highest BCUT2D eigenvalue weighted by molar-refractivity contribution is 14.1. The molecule has 0 heterocycles. The molecule has 0 aromatic heterocycles. The highest BCUT2D eigenvalue weighted by Gasteiger charge is 1.97. The summed E-state index contributed by atoms with van der Waals surface area (Å²) in [5, 5.41) is 8.51. The maximum Gasteiger partial charge on any atom is 0.0582 e. The lowest BCUT2D eigenvalue weighted by molar-refractivity contribution is 0.258. The Balaban J connectivity index is 2.88. The number of nitrogens with two attached hydrogens (primary N) is 1. The van der Waals surface area contributed by atoms with Crippen LogP contribution in [0.25, 0.3) is 0 Å². The average Bonchev–Trinajstić information content (AvgIpc) is 1.89. The van der Waals surface area contributed by atoms with Gasteiger partial charge in [0.2, 0.25) is 0 Å². The number of unbranched alkanes of at least 4 members (excludes halogenated alkanes) is 1. The number of halogens is 1. The summed E-state index contributed by atoms with van der Waals surface area (Å²) in [5.74, 6) is 0. The monoisotopic (exact) mass is 243 g/mol. The molecule has 0 amide bonds. The zero-order valence-electron chi connectivity index (χ0n) is 5.52. The van der Waals surface area contributed by atoms with Crippen molar-refractivity contribution in [3.8, 4) is 0 Å². The van der Waals surface area contributed by atoms with Crippen LogP contribution in [0.1, 0.15) is 19.3 Å². The fourth-order valence-corrected chi connectivity index (χ4v) is 1.13. The highest BCUT2D eigenvalue weighted by atomic mass is 127. The zero-order chi connectivity index (χ0) is 7.11. The molecule has 2 nitrogen and oxygen atoms in total. The zero-order valence-corrected chi connectivity index (χ0v) is 7.67. The Morgan fingerprint density at radius 2 is 2.11 bits per heavy atom. The molecule has 0 saturated carbocycles. The van der Waals surface area contributed by atoms with Gasteiger partial charge >= 0.3 is 0 Å². The molecule has 0 aromatic rings. The van der Waals surface area contributed by atoms with Crippen molar-refractivity contribution in [1.29, 1.82) is 0 Å². The number of hydrogen-bond acceptors (Lipinski definition) is 2. The molecule has 0 rings (SSSR count). The molecular weight excluding hydrogens is 229 g/mol. The first-order valence-electron chi connectivity index (χ1n) is 3.23. The number of alkyl halides is 1. The lowest BCUT2D eigenvalue weighted by atomic mass is 10.1. The van der Waals surface area contributed by atoms with E-state index in [0.29, 0.717) is 0 Å². The minimum atomic E-state index is 0.00736. The van der Waals surface area contributed by atoms with E-state index in [1.165, 1.54) is 10.8 Å². The maximum absolute atomic E-state index is 8.51. The van der Waals surface area contributed by atoms with E-state index < -0.39 is 0 Å². The molecule has 0 aliphatic carbocycles. The number of rotatable bonds is 5. The Kier molecular flexibility index (Phi) is 7.25. The molecule has 0 spiro atoms. The van der Waals surface area contributed by atoms with Crippen LogP contribution in [0.2, 0.25) is 0 Å². The van der Waals surface area contributed by atoms with Gasteiger partial charge in [0.25, 0.3) is 0 Å². The van der Waals surface area contributed by atoms with E-state index in [1.54, 1.807) is 0 Å². The van der Waals surface area contributed by atoms with Crippen LogP contribution in [0.15, 0.2) is 0 Å². The lowest BCUT2D eigenvalue weighted by Crippen LogP contribution is -2.23. The van der Waals surface area contributed by atoms with Crippen LogP contribution < -0.4 is 5.73 Å². The lowest BCUT2D eigenvalue weighted by Gasteiger charge is -2.04. The normalized spacial score (nSPS) is 13.7. The minimum Gasteiger partial charge on any atom is -0.395 e. The molecule has 9 heavy (non-hydrogen) atoms. The molecule has 3 N–H and O–H groups in total. The van der Waals surface area contributed by atoms with Crippen molar-refractivity contribution in [2.24, 2.45) is 5.73 Å². The first-order chi connectivity index (χ1) is 4.31. The first-order valence-corrected chi connectivity index (χ1v) is 4.76. The van der Waals surface area contributed by atoms with Gasteiger partial charge in [0.15, 0.2) is 0 Å². The smallest absolute Gasteiger partial charge is 0.0582 e. The third-order valence-electron chi connectivity index (χ3n) is 1.19. The van der Waals surface area contributed by atoms with Gasteiger partial charge in [0.1, 0.15) is 0 Å². The van der Waals surface area contributed by atoms with E-state index >= 15 is 0 Å². The Morgan fingerprint density at radius 1 is 1.44 bits per heavy atom. The van der Waals surface area contributed by atoms with Crippen LogP contribution in [-0.2, 0) is 0 Å². The van der Waals surface area contributed by atoms with Crippen LogP contribution in [0, 0.1) is 0 Å². The summed E-state index contributed by atoms with van der Waals surface area (Å²) in [4.78, 5) is 0. The molecule has 0 saturated heterocycles. The summed E-state index contributed by atoms with van der Waals surface area (Å²) in [6.07, 6.45) is 3.32. The number of aliphatic hydroxyl groups is 1. The molecule has 0 bridgehead atoms. The van der Waals surface area contributed by atoms with Crippen molar-refractivity contribution >= 4 is 22.6 Å². The van der Waals surface area contributed by atoms with Gasteiger partial charge in [-0.1, -0.05) is 29.0 Å². The molecule has 1 atom stereocenters. The van der Waals surface area contributed by atoms with Gasteiger partial charge in [0.05, 0.1) is 6.61 Å². The summed E-state index contributed by atoms with van der Waals surface area (Å²) in [6, 6.07) is 0.00736. The predicted molar refractivity (Wildman–Crippen MR) is 47.8 cm³/mol. The van der Waals surface area contributed by atoms with Gasteiger partial charge in [-0.25, -0.2) is 0 Å². The second-order valence-electron chi connectivity index (χ2n) is 2.13. The summed E-state index contributed by atoms with van der Waals surface area (Å²) in [5.41, 5.74) is 5.46. The predicted octanol–water partition coefficient (Wildman–Crippen LogP) is 0.911. The van der Waals surface area contributed by atoms with E-state index in [0.717, 1.165) is 12.8 Å². The molecule has 3 heteroatoms. The van der Waals surface area contributed by atoms with Gasteiger partial charge < -0.3 is 10.8 Å². The van der Waals surface area contributed by atoms with Gasteiger partial charge in [-0.3, -0.25) is 0 Å². The van der Waals surface area contributed by atoms with Crippen molar-refractivity contribution in [3.63, 3.8) is 0 Å². The van der Waals surface area contributed by atoms with Crippen molar-refractivity contribution < 1.29 is 5.11 Å². The topological polar surface area (TPSA) is 46.2 Å². The third-order valence-corrected chi connectivity index (χ3v) is 1.96. The van der Waals surface area contributed by atoms with Crippen LogP contribution in [-0.4, -0.2) is 22.2 Å². The van der Waals surface area contributed by atoms with E-state index in [2.05, 4.69) is 22.6 Å². The van der Waals surface area contributed by atoms with Crippen LogP contribution >= 0.6 is 22.6 Å². The van der Waals surface area contributed by atoms with Crippen molar-refractivity contribution in [2.45, 2.75) is 25.3 Å². The maximum atomic E-state index is 8.51. The van der Waals surface area contributed by atoms with Crippen molar-refractivity contribution in [2.75, 3.05) is 11.0 Å². The molecule has 1 unspecified atom stereocenters. The van der Waals surface area contributed by atoms with Crippen molar-refractivity contribution in [1.82, 2.24) is 0 Å². The Hall–Kier alpha value is 0.650. The standard InChI is InChI=1S/C6H14INO/c7-4-2-1-3-6(8)5-9/h6,9H,1-5,8H2. The van der Waals surface area contributed by atoms with E-state index in [-0.39, 0.29) is 12.6 Å². The minimum absolute atomic E-state index is 0.00736. The summed E-state index contributed by atoms with van der Waals surface area (Å²) < 4.78 is 1.19. The molecule has 0 aliphatic rings. The fraction of sp³-hybridized carbons (Fsp3) is 1.00. The van der Waals surface area contributed by atoms with Crippen LogP contribution in [0.3, 0.4) is 0 Å². The van der Waals surface area contributed by atoms with Crippen molar-refractivity contribution in [3.05, 3.63) is 0 Å². The van der Waals surface area contributed by atoms with E-state index in [9.17, 15) is 0 Å². The van der Waals surface area contributed by atoms with Crippen LogP contribution in [0.4, 0.5) is 0 Å². The Bertz CT molecular complexity index is 61.0. The third kappa shape index (κ3) is 6.54. The second-order valence-corrected chi connectivity index (χ2v) is 3.21. The van der Waals surface area contributed by atoms with E-state index in [4.69, 9.17) is 10.8 Å². The van der Waals surface area contributed by atoms with Gasteiger partial charge in [-0.2, -0.15) is 0 Å². The fourth-order valence-electron chi connectivity index (χ4n) is 0.592. The number of aliphatic hydroxyl groups excluding tert-OH is 1. The Labute approximate surface area is 70.0 Å². The van der Waals surface area contributed by atoms with Gasteiger partial charge in [-0.15, -0.1) is 0 Å². The first kappa shape index (κ1) is 9.65. The molecule has 0 radical (unpaired) electrons. The highest BCUT2D eigenvalue weighted by Crippen LogP contribution is 2.00. The Morgan fingerprint density at radius 3 is 2.56 bits per heavy atom. The average molecular weight is 243 g/mol. The quantitative estimate of drug-likeness (QED) is 0.428. The number of hydrogen-bond donors (Lipinski definition) is 2. The summed E-state index contributed by atoms with van der Waals surface area (Å²) in [7, 11) is 0. The summed E-state index contributed by atoms with van der Waals surface area (Å²) >= 11 is 2.34. The molecular formula is C6H14INO. The molecule has 0 aromatic carbocycles. The van der Waals surface area contributed by atoms with Gasteiger partial charge in [-0.05, 0) is 17.3 Å².